The lowest BCUT2D eigenvalue weighted by molar-refractivity contribution is -0.115. The van der Waals surface area contributed by atoms with Gasteiger partial charge in [0, 0.05) is 16.1 Å². The van der Waals surface area contributed by atoms with Crippen LogP contribution < -0.4 is 5.32 Å². The molecule has 1 N–H and O–H groups in total. The molecule has 0 unspecified atom stereocenters. The molecule has 0 saturated heterocycles. The van der Waals surface area contributed by atoms with E-state index in [1.807, 2.05) is 49.4 Å². The number of benzene rings is 3. The van der Waals surface area contributed by atoms with Gasteiger partial charge in [-0.2, -0.15) is 0 Å². The zero-order valence-electron chi connectivity index (χ0n) is 14.4. The molecule has 2 nitrogen and oxygen atoms in total. The molecule has 0 saturated carbocycles. The molecule has 25 heavy (non-hydrogen) atoms. The van der Waals surface area contributed by atoms with Crippen LogP contribution in [0, 0.1) is 6.92 Å². The SMILES string of the molecule is Cc1ccc(S[C@H](C)C(=O)Nc2ccccc2-c2ccccc2)cc1. The summed E-state index contributed by atoms with van der Waals surface area (Å²) in [5, 5.41) is 2.91. The van der Waals surface area contributed by atoms with E-state index in [9.17, 15) is 4.79 Å². The highest BCUT2D eigenvalue weighted by molar-refractivity contribution is 8.00. The summed E-state index contributed by atoms with van der Waals surface area (Å²) in [6.45, 7) is 4.00. The molecule has 126 valence electrons. The van der Waals surface area contributed by atoms with E-state index in [1.165, 1.54) is 5.56 Å². The number of aryl methyl sites for hydroxylation is 1. The summed E-state index contributed by atoms with van der Waals surface area (Å²) in [5.41, 5.74) is 4.19. The lowest BCUT2D eigenvalue weighted by atomic mass is 10.0. The van der Waals surface area contributed by atoms with Gasteiger partial charge in [-0.3, -0.25) is 4.79 Å². The lowest BCUT2D eigenvalue weighted by Gasteiger charge is -2.15. The number of amides is 1. The number of nitrogens with one attached hydrogen (secondary N) is 1. The van der Waals surface area contributed by atoms with Crippen LogP contribution >= 0.6 is 11.8 Å². The van der Waals surface area contributed by atoms with Gasteiger partial charge in [-0.1, -0.05) is 66.2 Å². The molecular formula is C22H21NOS. The van der Waals surface area contributed by atoms with Crippen LogP contribution in [0.3, 0.4) is 0 Å². The maximum atomic E-state index is 12.6. The molecule has 1 atom stereocenters. The van der Waals surface area contributed by atoms with E-state index in [0.29, 0.717) is 0 Å². The molecular weight excluding hydrogens is 326 g/mol. The van der Waals surface area contributed by atoms with Crippen LogP contribution in [0.5, 0.6) is 0 Å². The van der Waals surface area contributed by atoms with Crippen LogP contribution in [-0.4, -0.2) is 11.2 Å². The number of thioether (sulfide) groups is 1. The molecule has 0 spiro atoms. The molecule has 0 radical (unpaired) electrons. The summed E-state index contributed by atoms with van der Waals surface area (Å²) in [6, 6.07) is 26.3. The summed E-state index contributed by atoms with van der Waals surface area (Å²) in [5.74, 6) is 0.00829. The van der Waals surface area contributed by atoms with Gasteiger partial charge in [-0.05, 0) is 37.6 Å². The van der Waals surface area contributed by atoms with E-state index in [2.05, 4.69) is 48.6 Å². The fourth-order valence-corrected chi connectivity index (χ4v) is 3.44. The van der Waals surface area contributed by atoms with Gasteiger partial charge in [-0.25, -0.2) is 0 Å². The second-order valence-corrected chi connectivity index (χ2v) is 7.39. The lowest BCUT2D eigenvalue weighted by Crippen LogP contribution is -2.22. The number of carbonyl (C=O) groups is 1. The van der Waals surface area contributed by atoms with Crippen molar-refractivity contribution in [2.24, 2.45) is 0 Å². The minimum Gasteiger partial charge on any atom is -0.325 e. The smallest absolute Gasteiger partial charge is 0.237 e. The second-order valence-electron chi connectivity index (χ2n) is 5.97. The number of hydrogen-bond donors (Lipinski definition) is 1. The first kappa shape index (κ1) is 17.3. The first-order valence-corrected chi connectivity index (χ1v) is 9.20. The average molecular weight is 347 g/mol. The number of anilines is 1. The van der Waals surface area contributed by atoms with E-state index >= 15 is 0 Å². The van der Waals surface area contributed by atoms with Gasteiger partial charge in [0.1, 0.15) is 0 Å². The van der Waals surface area contributed by atoms with E-state index < -0.39 is 0 Å². The molecule has 0 fully saturated rings. The summed E-state index contributed by atoms with van der Waals surface area (Å²) >= 11 is 1.57. The first-order valence-electron chi connectivity index (χ1n) is 8.32. The van der Waals surface area contributed by atoms with Gasteiger partial charge in [0.05, 0.1) is 5.25 Å². The summed E-state index contributed by atoms with van der Waals surface area (Å²) in [6.07, 6.45) is 0. The third kappa shape index (κ3) is 4.52. The largest absolute Gasteiger partial charge is 0.325 e. The van der Waals surface area contributed by atoms with Crippen molar-refractivity contribution in [3.05, 3.63) is 84.4 Å². The van der Waals surface area contributed by atoms with Crippen molar-refractivity contribution in [1.82, 2.24) is 0 Å². The standard InChI is InChI=1S/C22H21NOS/c1-16-12-14-19(15-13-16)25-17(2)22(24)23-21-11-7-6-10-20(21)18-8-4-3-5-9-18/h3-15,17H,1-2H3,(H,23,24)/t17-/m1/s1. The van der Waals surface area contributed by atoms with E-state index in [-0.39, 0.29) is 11.2 Å². The van der Waals surface area contributed by atoms with Crippen LogP contribution in [0.2, 0.25) is 0 Å². The van der Waals surface area contributed by atoms with Crippen molar-refractivity contribution < 1.29 is 4.79 Å². The summed E-state index contributed by atoms with van der Waals surface area (Å²) < 4.78 is 0. The van der Waals surface area contributed by atoms with Crippen LogP contribution in [0.4, 0.5) is 5.69 Å². The van der Waals surface area contributed by atoms with Crippen molar-refractivity contribution in [3.63, 3.8) is 0 Å². The molecule has 1 amide bonds. The van der Waals surface area contributed by atoms with E-state index in [4.69, 9.17) is 0 Å². The molecule has 0 heterocycles. The van der Waals surface area contributed by atoms with Crippen molar-refractivity contribution in [3.8, 4) is 11.1 Å². The van der Waals surface area contributed by atoms with Gasteiger partial charge >= 0.3 is 0 Å². The molecule has 0 aliphatic rings. The van der Waals surface area contributed by atoms with E-state index in [0.717, 1.165) is 21.7 Å². The Bertz CT molecular complexity index is 843. The minimum absolute atomic E-state index is 0.00829. The van der Waals surface area contributed by atoms with Crippen LogP contribution in [0.1, 0.15) is 12.5 Å². The first-order chi connectivity index (χ1) is 12.1. The highest BCUT2D eigenvalue weighted by Crippen LogP contribution is 2.29. The van der Waals surface area contributed by atoms with Gasteiger partial charge in [0.15, 0.2) is 0 Å². The fourth-order valence-electron chi connectivity index (χ4n) is 2.57. The van der Waals surface area contributed by atoms with Crippen molar-refractivity contribution in [2.45, 2.75) is 24.0 Å². The maximum absolute atomic E-state index is 12.6. The Labute approximate surface area is 153 Å². The summed E-state index contributed by atoms with van der Waals surface area (Å²) in [4.78, 5) is 13.7. The van der Waals surface area contributed by atoms with Crippen LogP contribution in [-0.2, 0) is 4.79 Å². The zero-order chi connectivity index (χ0) is 17.6. The Hall–Kier alpha value is -2.52. The van der Waals surface area contributed by atoms with Crippen LogP contribution in [0.25, 0.3) is 11.1 Å². The van der Waals surface area contributed by atoms with Gasteiger partial charge in [0.2, 0.25) is 5.91 Å². The number of hydrogen-bond acceptors (Lipinski definition) is 2. The molecule has 3 aromatic carbocycles. The predicted octanol–water partition coefficient (Wildman–Crippen LogP) is 5.78. The number of carbonyl (C=O) groups excluding carboxylic acids is 1. The van der Waals surface area contributed by atoms with Gasteiger partial charge < -0.3 is 5.32 Å². The summed E-state index contributed by atoms with van der Waals surface area (Å²) in [7, 11) is 0. The Morgan fingerprint density at radius 3 is 2.24 bits per heavy atom. The fraction of sp³-hybridized carbons (Fsp3) is 0.136. The molecule has 0 aliphatic heterocycles. The molecule has 3 heteroatoms. The quantitative estimate of drug-likeness (QED) is 0.593. The Balaban J connectivity index is 1.74. The third-order valence-electron chi connectivity index (χ3n) is 3.97. The number of rotatable bonds is 5. The topological polar surface area (TPSA) is 29.1 Å². The predicted molar refractivity (Wildman–Crippen MR) is 107 cm³/mol. The molecule has 0 aliphatic carbocycles. The van der Waals surface area contributed by atoms with Crippen molar-refractivity contribution >= 4 is 23.4 Å². The van der Waals surface area contributed by atoms with Crippen molar-refractivity contribution in [1.29, 1.82) is 0 Å². The average Bonchev–Trinajstić information content (AvgIpc) is 2.64. The minimum atomic E-state index is -0.175. The highest BCUT2D eigenvalue weighted by Gasteiger charge is 2.16. The third-order valence-corrected chi connectivity index (χ3v) is 5.08. The van der Waals surface area contributed by atoms with Crippen molar-refractivity contribution in [2.75, 3.05) is 5.32 Å². The monoisotopic (exact) mass is 347 g/mol. The van der Waals surface area contributed by atoms with Gasteiger partial charge in [-0.15, -0.1) is 11.8 Å². The van der Waals surface area contributed by atoms with Gasteiger partial charge in [0.25, 0.3) is 0 Å². The molecule has 3 rings (SSSR count). The van der Waals surface area contributed by atoms with E-state index in [1.54, 1.807) is 11.8 Å². The highest BCUT2D eigenvalue weighted by atomic mass is 32.2. The van der Waals surface area contributed by atoms with Crippen LogP contribution in [0.15, 0.2) is 83.8 Å². The Kier molecular flexibility index (Phi) is 5.56. The normalized spacial score (nSPS) is 11.8. The molecule has 0 bridgehead atoms. The second kappa shape index (κ2) is 8.04. The molecule has 3 aromatic rings. The maximum Gasteiger partial charge on any atom is 0.237 e. The Morgan fingerprint density at radius 2 is 1.52 bits per heavy atom. The zero-order valence-corrected chi connectivity index (χ0v) is 15.2. The Morgan fingerprint density at radius 1 is 0.880 bits per heavy atom. The molecule has 0 aromatic heterocycles. The number of para-hydroxylation sites is 1.